The lowest BCUT2D eigenvalue weighted by atomic mass is 10.2. The number of H-pyrrole nitrogens is 1. The molecule has 0 aliphatic rings. The van der Waals surface area contributed by atoms with Crippen LogP contribution in [0.15, 0.2) is 34.4 Å². The lowest BCUT2D eigenvalue weighted by Gasteiger charge is -2.08. The van der Waals surface area contributed by atoms with Gasteiger partial charge in [-0.2, -0.15) is 5.26 Å². The van der Waals surface area contributed by atoms with Gasteiger partial charge >= 0.3 is 0 Å². The van der Waals surface area contributed by atoms with E-state index in [9.17, 15) is 4.79 Å². The van der Waals surface area contributed by atoms with Crippen molar-refractivity contribution in [1.29, 1.82) is 5.26 Å². The smallest absolute Gasteiger partial charge is 0.268 e. The van der Waals surface area contributed by atoms with E-state index in [4.69, 9.17) is 16.9 Å². The molecule has 2 aromatic heterocycles. The van der Waals surface area contributed by atoms with Crippen LogP contribution < -0.4 is 10.9 Å². The van der Waals surface area contributed by atoms with E-state index in [0.717, 1.165) is 0 Å². The summed E-state index contributed by atoms with van der Waals surface area (Å²) in [5.74, 6) is 0.509. The minimum absolute atomic E-state index is 0.154. The Morgan fingerprint density at radius 3 is 3.10 bits per heavy atom. The number of nitriles is 1. The molecule has 3 aromatic rings. The molecule has 0 amide bonds. The molecule has 0 bridgehead atoms. The van der Waals surface area contributed by atoms with Crippen LogP contribution in [0.25, 0.3) is 10.2 Å². The maximum atomic E-state index is 11.9. The molecule has 0 radical (unpaired) electrons. The second-order valence-electron chi connectivity index (χ2n) is 4.30. The van der Waals surface area contributed by atoms with Gasteiger partial charge in [0.1, 0.15) is 16.6 Å². The van der Waals surface area contributed by atoms with Gasteiger partial charge in [-0.25, -0.2) is 4.98 Å². The maximum Gasteiger partial charge on any atom is 0.268 e. The summed E-state index contributed by atoms with van der Waals surface area (Å²) < 4.78 is 0.610. The molecule has 0 aliphatic heterocycles. The van der Waals surface area contributed by atoms with Gasteiger partial charge < -0.3 is 10.3 Å². The van der Waals surface area contributed by atoms with E-state index in [0.29, 0.717) is 38.9 Å². The Morgan fingerprint density at radius 1 is 1.43 bits per heavy atom. The van der Waals surface area contributed by atoms with Gasteiger partial charge in [0.15, 0.2) is 0 Å². The number of benzene rings is 1. The molecule has 104 valence electrons. The number of nitrogens with one attached hydrogen (secondary N) is 2. The topological polar surface area (TPSA) is 81.6 Å². The van der Waals surface area contributed by atoms with Gasteiger partial charge in [-0.05, 0) is 29.6 Å². The molecule has 2 N–H and O–H groups in total. The fourth-order valence-corrected chi connectivity index (χ4v) is 2.84. The predicted octanol–water partition coefficient (Wildman–Crippen LogP) is 3.12. The van der Waals surface area contributed by atoms with Gasteiger partial charge in [-0.1, -0.05) is 11.6 Å². The summed E-state index contributed by atoms with van der Waals surface area (Å²) in [5.41, 5.74) is 1.61. The molecule has 5 nitrogen and oxygen atoms in total. The van der Waals surface area contributed by atoms with Crippen molar-refractivity contribution in [3.63, 3.8) is 0 Å². The van der Waals surface area contributed by atoms with Crippen molar-refractivity contribution in [2.24, 2.45) is 0 Å². The minimum Gasteiger partial charge on any atom is -0.377 e. The van der Waals surface area contributed by atoms with Crippen LogP contribution in [0.5, 0.6) is 0 Å². The third-order valence-electron chi connectivity index (χ3n) is 2.91. The number of thiophene rings is 1. The first-order valence-corrected chi connectivity index (χ1v) is 7.33. The molecule has 21 heavy (non-hydrogen) atoms. The summed E-state index contributed by atoms with van der Waals surface area (Å²) in [5, 5.41) is 14.5. The fourth-order valence-electron chi connectivity index (χ4n) is 1.94. The highest BCUT2D eigenvalue weighted by Gasteiger charge is 2.07. The number of nitrogens with zero attached hydrogens (tertiary/aromatic N) is 2. The summed E-state index contributed by atoms with van der Waals surface area (Å²) in [7, 11) is 0. The average Bonchev–Trinajstić information content (AvgIpc) is 2.94. The van der Waals surface area contributed by atoms with E-state index < -0.39 is 0 Å². The summed E-state index contributed by atoms with van der Waals surface area (Å²) in [6, 6.07) is 8.85. The van der Waals surface area contributed by atoms with Gasteiger partial charge in [0, 0.05) is 5.02 Å². The molecule has 0 unspecified atom stereocenters. The maximum absolute atomic E-state index is 11.9. The largest absolute Gasteiger partial charge is 0.377 e. The Kier molecular flexibility index (Phi) is 3.60. The third-order valence-corrected chi connectivity index (χ3v) is 4.05. The molecule has 3 rings (SSSR count). The van der Waals surface area contributed by atoms with Crippen molar-refractivity contribution < 1.29 is 0 Å². The van der Waals surface area contributed by atoms with Crippen LogP contribution in [-0.2, 0) is 6.54 Å². The molecule has 0 aliphatic carbocycles. The van der Waals surface area contributed by atoms with Gasteiger partial charge in [0.25, 0.3) is 5.56 Å². The summed E-state index contributed by atoms with van der Waals surface area (Å²) in [6.45, 7) is 0.302. The van der Waals surface area contributed by atoms with E-state index >= 15 is 0 Å². The monoisotopic (exact) mass is 316 g/mol. The quantitative estimate of drug-likeness (QED) is 0.778. The molecule has 0 atom stereocenters. The van der Waals surface area contributed by atoms with E-state index in [1.54, 1.807) is 24.3 Å². The predicted molar refractivity (Wildman–Crippen MR) is 83.7 cm³/mol. The van der Waals surface area contributed by atoms with Crippen molar-refractivity contribution in [1.82, 2.24) is 9.97 Å². The zero-order valence-electron chi connectivity index (χ0n) is 10.7. The zero-order chi connectivity index (χ0) is 14.8. The van der Waals surface area contributed by atoms with Gasteiger partial charge in [0.05, 0.1) is 23.3 Å². The highest BCUT2D eigenvalue weighted by Crippen LogP contribution is 2.21. The third kappa shape index (κ3) is 2.75. The molecule has 1 aromatic carbocycles. The van der Waals surface area contributed by atoms with E-state index in [2.05, 4.69) is 21.4 Å². The molecule has 0 spiro atoms. The summed E-state index contributed by atoms with van der Waals surface area (Å²) in [4.78, 5) is 19.0. The van der Waals surface area contributed by atoms with Crippen LogP contribution in [0.2, 0.25) is 5.02 Å². The zero-order valence-corrected chi connectivity index (χ0v) is 12.3. The number of aromatic nitrogens is 2. The fraction of sp³-hybridized carbons (Fsp3) is 0.0714. The molecule has 2 heterocycles. The first-order chi connectivity index (χ1) is 10.2. The number of fused-ring (bicyclic) bond motifs is 1. The Bertz CT molecular complexity index is 909. The second kappa shape index (κ2) is 5.56. The SMILES string of the molecule is N#Cc1ccc(Cl)cc1NCc1nc2ccsc2c(=O)[nH]1. The average molecular weight is 317 g/mol. The Morgan fingerprint density at radius 2 is 2.29 bits per heavy atom. The summed E-state index contributed by atoms with van der Waals surface area (Å²) >= 11 is 7.28. The van der Waals surface area contributed by atoms with Crippen LogP contribution in [-0.4, -0.2) is 9.97 Å². The highest BCUT2D eigenvalue weighted by molar-refractivity contribution is 7.17. The highest BCUT2D eigenvalue weighted by atomic mass is 35.5. The number of rotatable bonds is 3. The van der Waals surface area contributed by atoms with Crippen molar-refractivity contribution >= 4 is 38.8 Å². The van der Waals surface area contributed by atoms with Gasteiger partial charge in [0.2, 0.25) is 0 Å². The minimum atomic E-state index is -0.154. The van der Waals surface area contributed by atoms with Crippen LogP contribution in [0.1, 0.15) is 11.4 Å². The van der Waals surface area contributed by atoms with Crippen LogP contribution in [0.4, 0.5) is 5.69 Å². The normalized spacial score (nSPS) is 10.5. The Balaban J connectivity index is 1.88. The molecular formula is C14H9ClN4OS. The first kappa shape index (κ1) is 13.6. The second-order valence-corrected chi connectivity index (χ2v) is 5.66. The van der Waals surface area contributed by atoms with Crippen molar-refractivity contribution in [3.05, 3.63) is 56.4 Å². The van der Waals surface area contributed by atoms with Crippen LogP contribution >= 0.6 is 22.9 Å². The van der Waals surface area contributed by atoms with Gasteiger partial charge in [-0.3, -0.25) is 4.79 Å². The summed E-state index contributed by atoms with van der Waals surface area (Å²) in [6.07, 6.45) is 0. The molecule has 0 saturated heterocycles. The van der Waals surface area contributed by atoms with Crippen molar-refractivity contribution in [2.45, 2.75) is 6.54 Å². The van der Waals surface area contributed by atoms with Crippen molar-refractivity contribution in [3.8, 4) is 6.07 Å². The van der Waals surface area contributed by atoms with E-state index in [1.165, 1.54) is 11.3 Å². The van der Waals surface area contributed by atoms with E-state index in [1.807, 2.05) is 5.38 Å². The molecule has 0 fully saturated rings. The van der Waals surface area contributed by atoms with Crippen LogP contribution in [0, 0.1) is 11.3 Å². The lowest BCUT2D eigenvalue weighted by molar-refractivity contribution is 0.955. The number of halogens is 1. The Hall–Kier alpha value is -2.36. The first-order valence-electron chi connectivity index (χ1n) is 6.07. The lowest BCUT2D eigenvalue weighted by Crippen LogP contribution is -2.13. The number of hydrogen-bond donors (Lipinski definition) is 2. The molecule has 7 heteroatoms. The van der Waals surface area contributed by atoms with Crippen LogP contribution in [0.3, 0.4) is 0 Å². The Labute approximate surface area is 128 Å². The standard InChI is InChI=1S/C14H9ClN4OS/c15-9-2-1-8(6-16)11(5-9)17-7-12-18-10-3-4-21-13(10)14(20)19-12/h1-5,17H,7H2,(H,18,19,20). The van der Waals surface area contributed by atoms with Gasteiger partial charge in [-0.15, -0.1) is 11.3 Å². The molecular weight excluding hydrogens is 308 g/mol. The number of anilines is 1. The van der Waals surface area contributed by atoms with Crippen molar-refractivity contribution in [2.75, 3.05) is 5.32 Å². The molecule has 0 saturated carbocycles. The number of aromatic amines is 1. The number of hydrogen-bond acceptors (Lipinski definition) is 5. The van der Waals surface area contributed by atoms with E-state index in [-0.39, 0.29) is 5.56 Å².